The first-order valence-corrected chi connectivity index (χ1v) is 8.75. The van der Waals surface area contributed by atoms with Gasteiger partial charge in [-0.3, -0.25) is 9.40 Å². The lowest BCUT2D eigenvalue weighted by Gasteiger charge is -2.08. The van der Waals surface area contributed by atoms with Crippen LogP contribution in [0.1, 0.15) is 18.4 Å². The number of halogens is 4. The van der Waals surface area contributed by atoms with E-state index in [9.17, 15) is 21.6 Å². The normalized spacial score (nSPS) is 16.0. The summed E-state index contributed by atoms with van der Waals surface area (Å²) in [6.45, 7) is 0.294. The van der Waals surface area contributed by atoms with Crippen LogP contribution in [0.4, 0.5) is 19.0 Å². The molecule has 10 heteroatoms. The molecule has 2 aromatic rings. The average molecular weight is 368 g/mol. The number of benzene rings is 1. The van der Waals surface area contributed by atoms with Gasteiger partial charge in [0.05, 0.1) is 21.2 Å². The van der Waals surface area contributed by atoms with Gasteiger partial charge in [0.15, 0.2) is 5.82 Å². The second-order valence-corrected chi connectivity index (χ2v) is 7.92. The zero-order valence-corrected chi connectivity index (χ0v) is 13.6. The maximum absolute atomic E-state index is 12.8. The molecule has 0 spiro atoms. The van der Waals surface area contributed by atoms with E-state index in [4.69, 9.17) is 11.6 Å². The number of sulfonamides is 1. The van der Waals surface area contributed by atoms with E-state index < -0.39 is 28.0 Å². The van der Waals surface area contributed by atoms with Crippen molar-refractivity contribution in [3.05, 3.63) is 22.7 Å². The number of nitrogens with one attached hydrogen (secondary N) is 1. The molecule has 0 atom stereocenters. The van der Waals surface area contributed by atoms with Crippen LogP contribution in [0.5, 0.6) is 0 Å². The van der Waals surface area contributed by atoms with E-state index in [-0.39, 0.29) is 21.7 Å². The topological polar surface area (TPSA) is 64.0 Å². The van der Waals surface area contributed by atoms with Gasteiger partial charge in [-0.05, 0) is 31.4 Å². The molecule has 1 aromatic heterocycles. The van der Waals surface area contributed by atoms with Crippen LogP contribution in [0.25, 0.3) is 10.9 Å². The SMILES string of the molecule is Cc1ccc(Cl)c2c(NS(=O)(=O)C3CC3)nn(CC(F)(F)F)c12. The first-order chi connectivity index (χ1) is 10.6. The highest BCUT2D eigenvalue weighted by Gasteiger charge is 2.37. The average Bonchev–Trinajstić information content (AvgIpc) is 3.18. The number of fused-ring (bicyclic) bond motifs is 1. The standard InChI is InChI=1S/C13H13ClF3N3O2S/c1-7-2-5-9(14)10-11(7)20(6-13(15,16)17)18-12(10)19-23(21,22)8-3-4-8/h2,5,8H,3-4,6H2,1H3,(H,18,19). The Labute approximate surface area is 135 Å². The summed E-state index contributed by atoms with van der Waals surface area (Å²) in [5, 5.41) is 3.62. The summed E-state index contributed by atoms with van der Waals surface area (Å²) < 4.78 is 65.4. The molecule has 0 aliphatic heterocycles. The van der Waals surface area contributed by atoms with Gasteiger partial charge in [-0.1, -0.05) is 17.7 Å². The number of aryl methyl sites for hydroxylation is 1. The molecule has 0 radical (unpaired) electrons. The van der Waals surface area contributed by atoms with Gasteiger partial charge in [-0.2, -0.15) is 18.3 Å². The van der Waals surface area contributed by atoms with Crippen molar-refractivity contribution < 1.29 is 21.6 Å². The molecule has 0 unspecified atom stereocenters. The van der Waals surface area contributed by atoms with Gasteiger partial charge < -0.3 is 0 Å². The predicted molar refractivity (Wildman–Crippen MR) is 81.1 cm³/mol. The highest BCUT2D eigenvalue weighted by atomic mass is 35.5. The van der Waals surface area contributed by atoms with Crippen LogP contribution in [0.2, 0.25) is 5.02 Å². The third-order valence-corrected chi connectivity index (χ3v) is 5.72. The quantitative estimate of drug-likeness (QED) is 0.900. The van der Waals surface area contributed by atoms with Gasteiger partial charge in [-0.25, -0.2) is 8.42 Å². The third kappa shape index (κ3) is 3.25. The lowest BCUT2D eigenvalue weighted by Crippen LogP contribution is -2.20. The van der Waals surface area contributed by atoms with Crippen molar-refractivity contribution in [1.82, 2.24) is 9.78 Å². The number of nitrogens with zero attached hydrogens (tertiary/aromatic N) is 2. The molecule has 1 aromatic carbocycles. The van der Waals surface area contributed by atoms with E-state index in [1.54, 1.807) is 13.0 Å². The molecule has 5 nitrogen and oxygen atoms in total. The first kappa shape index (κ1) is 16.4. The molecule has 1 N–H and O–H groups in total. The van der Waals surface area contributed by atoms with Crippen molar-refractivity contribution in [3.8, 4) is 0 Å². The zero-order valence-electron chi connectivity index (χ0n) is 12.0. The summed E-state index contributed by atoms with van der Waals surface area (Å²) in [6.07, 6.45) is -3.42. The van der Waals surface area contributed by atoms with Crippen LogP contribution in [-0.2, 0) is 16.6 Å². The Bertz CT molecular complexity index is 873. The predicted octanol–water partition coefficient (Wildman–Crippen LogP) is 3.46. The molecule has 1 fully saturated rings. The minimum Gasteiger partial charge on any atom is -0.265 e. The van der Waals surface area contributed by atoms with Gasteiger partial charge in [0.1, 0.15) is 6.54 Å². The van der Waals surface area contributed by atoms with Crippen LogP contribution in [0.3, 0.4) is 0 Å². The van der Waals surface area contributed by atoms with Crippen LogP contribution >= 0.6 is 11.6 Å². The summed E-state index contributed by atoms with van der Waals surface area (Å²) in [6, 6.07) is 3.08. The van der Waals surface area contributed by atoms with Crippen molar-refractivity contribution in [2.45, 2.75) is 37.7 Å². The summed E-state index contributed by atoms with van der Waals surface area (Å²) in [7, 11) is -3.66. The number of hydrogen-bond donors (Lipinski definition) is 1. The van der Waals surface area contributed by atoms with Gasteiger partial charge >= 0.3 is 6.18 Å². The lowest BCUT2D eigenvalue weighted by molar-refractivity contribution is -0.141. The molecule has 0 amide bonds. The Morgan fingerprint density at radius 3 is 2.61 bits per heavy atom. The van der Waals surface area contributed by atoms with Crippen molar-refractivity contribution >= 4 is 38.3 Å². The highest BCUT2D eigenvalue weighted by Crippen LogP contribution is 2.36. The zero-order chi connectivity index (χ0) is 17.0. The smallest absolute Gasteiger partial charge is 0.265 e. The molecule has 23 heavy (non-hydrogen) atoms. The van der Waals surface area contributed by atoms with Gasteiger partial charge in [-0.15, -0.1) is 0 Å². The third-order valence-electron chi connectivity index (χ3n) is 3.58. The van der Waals surface area contributed by atoms with Crippen molar-refractivity contribution in [2.24, 2.45) is 0 Å². The minimum atomic E-state index is -4.49. The largest absolute Gasteiger partial charge is 0.408 e. The monoisotopic (exact) mass is 367 g/mol. The molecule has 0 saturated heterocycles. The fraction of sp³-hybridized carbons (Fsp3) is 0.462. The van der Waals surface area contributed by atoms with Crippen molar-refractivity contribution in [3.63, 3.8) is 0 Å². The number of rotatable bonds is 4. The van der Waals surface area contributed by atoms with Crippen molar-refractivity contribution in [1.29, 1.82) is 0 Å². The molecule has 1 saturated carbocycles. The number of aromatic nitrogens is 2. The molecular formula is C13H13ClF3N3O2S. The Kier molecular flexibility index (Phi) is 3.75. The highest BCUT2D eigenvalue weighted by molar-refractivity contribution is 7.93. The van der Waals surface area contributed by atoms with E-state index >= 15 is 0 Å². The summed E-state index contributed by atoms with van der Waals surface area (Å²) in [5.41, 5.74) is 0.696. The minimum absolute atomic E-state index is 0.146. The Hall–Kier alpha value is -1.48. The number of alkyl halides is 3. The van der Waals surface area contributed by atoms with Gasteiger partial charge in [0, 0.05) is 0 Å². The van der Waals surface area contributed by atoms with Crippen LogP contribution in [0, 0.1) is 6.92 Å². The van der Waals surface area contributed by atoms with Crippen molar-refractivity contribution in [2.75, 3.05) is 4.72 Å². The molecule has 1 aliphatic rings. The Morgan fingerprint density at radius 1 is 1.39 bits per heavy atom. The Balaban J connectivity index is 2.16. The molecule has 1 aliphatic carbocycles. The fourth-order valence-corrected chi connectivity index (χ4v) is 3.98. The van der Waals surface area contributed by atoms with Gasteiger partial charge in [0.25, 0.3) is 0 Å². The van der Waals surface area contributed by atoms with Crippen LogP contribution < -0.4 is 4.72 Å². The van der Waals surface area contributed by atoms with E-state index in [0.29, 0.717) is 18.4 Å². The van der Waals surface area contributed by atoms with E-state index in [0.717, 1.165) is 4.68 Å². The summed E-state index contributed by atoms with van der Waals surface area (Å²) in [4.78, 5) is 0. The lowest BCUT2D eigenvalue weighted by atomic mass is 10.1. The van der Waals surface area contributed by atoms with E-state index in [1.165, 1.54) is 6.07 Å². The maximum Gasteiger partial charge on any atom is 0.408 e. The molecule has 1 heterocycles. The molecule has 3 rings (SSSR count). The van der Waals surface area contributed by atoms with Crippen LogP contribution in [-0.4, -0.2) is 29.6 Å². The second-order valence-electron chi connectivity index (χ2n) is 5.56. The van der Waals surface area contributed by atoms with E-state index in [2.05, 4.69) is 9.82 Å². The first-order valence-electron chi connectivity index (χ1n) is 6.82. The number of anilines is 1. The summed E-state index contributed by atoms with van der Waals surface area (Å²) >= 11 is 6.07. The fourth-order valence-electron chi connectivity index (χ4n) is 2.40. The Morgan fingerprint density at radius 2 is 2.04 bits per heavy atom. The van der Waals surface area contributed by atoms with Crippen LogP contribution in [0.15, 0.2) is 12.1 Å². The second kappa shape index (κ2) is 5.27. The molecular weight excluding hydrogens is 355 g/mol. The number of hydrogen-bond acceptors (Lipinski definition) is 3. The van der Waals surface area contributed by atoms with E-state index in [1.807, 2.05) is 0 Å². The molecule has 126 valence electrons. The molecule has 0 bridgehead atoms. The van der Waals surface area contributed by atoms with Gasteiger partial charge in [0.2, 0.25) is 10.0 Å². The maximum atomic E-state index is 12.8. The summed E-state index contributed by atoms with van der Waals surface area (Å²) in [5.74, 6) is -0.162.